The van der Waals surface area contributed by atoms with E-state index in [-0.39, 0.29) is 0 Å². The van der Waals surface area contributed by atoms with Crippen LogP contribution in [-0.4, -0.2) is 16.2 Å². The number of aromatic nitrogens is 2. The summed E-state index contributed by atoms with van der Waals surface area (Å²) in [5.74, 6) is 2.97. The molecule has 3 atom stereocenters. The van der Waals surface area contributed by atoms with Crippen LogP contribution in [0.5, 0.6) is 0 Å². The number of nitriles is 1. The quantitative estimate of drug-likeness (QED) is 0.938. The number of rotatable bonds is 4. The van der Waals surface area contributed by atoms with E-state index in [1.807, 2.05) is 12.1 Å². The van der Waals surface area contributed by atoms with Gasteiger partial charge in [0, 0.05) is 11.6 Å². The van der Waals surface area contributed by atoms with Crippen LogP contribution in [0.2, 0.25) is 0 Å². The zero-order valence-electron chi connectivity index (χ0n) is 12.3. The summed E-state index contributed by atoms with van der Waals surface area (Å²) >= 11 is 0. The lowest BCUT2D eigenvalue weighted by molar-refractivity contribution is 0.337. The van der Waals surface area contributed by atoms with Gasteiger partial charge in [-0.05, 0) is 48.9 Å². The predicted molar refractivity (Wildman–Crippen MR) is 80.5 cm³/mol. The minimum absolute atomic E-state index is 0.509. The summed E-state index contributed by atoms with van der Waals surface area (Å²) in [6.07, 6.45) is 5.39. The fourth-order valence-corrected chi connectivity index (χ4v) is 3.51. The third-order valence-electron chi connectivity index (χ3n) is 4.83. The van der Waals surface area contributed by atoms with Gasteiger partial charge in [-0.25, -0.2) is 0 Å². The van der Waals surface area contributed by atoms with Gasteiger partial charge in [-0.15, -0.1) is 10.2 Å². The van der Waals surface area contributed by atoms with Crippen LogP contribution in [0.25, 0.3) is 11.5 Å². The fourth-order valence-electron chi connectivity index (χ4n) is 3.51. The smallest absolute Gasteiger partial charge is 0.247 e. The first-order valence-electron chi connectivity index (χ1n) is 7.90. The molecule has 5 heteroatoms. The van der Waals surface area contributed by atoms with Crippen molar-refractivity contribution in [3.05, 3.63) is 35.7 Å². The van der Waals surface area contributed by atoms with Crippen molar-refractivity contribution >= 4 is 0 Å². The van der Waals surface area contributed by atoms with Gasteiger partial charge in [-0.3, -0.25) is 0 Å². The van der Waals surface area contributed by atoms with Gasteiger partial charge >= 0.3 is 0 Å². The lowest BCUT2D eigenvalue weighted by atomic mass is 9.95. The number of benzene rings is 1. The van der Waals surface area contributed by atoms with Crippen molar-refractivity contribution < 1.29 is 4.42 Å². The van der Waals surface area contributed by atoms with Crippen molar-refractivity contribution in [2.24, 2.45) is 11.8 Å². The fraction of sp³-hybridized carbons (Fsp3) is 0.471. The second-order valence-electron chi connectivity index (χ2n) is 6.27. The number of fused-ring (bicyclic) bond motifs is 1. The average Bonchev–Trinajstić information content (AvgIpc) is 3.22. The first-order chi connectivity index (χ1) is 10.8. The maximum Gasteiger partial charge on any atom is 0.247 e. The molecule has 112 valence electrons. The van der Waals surface area contributed by atoms with Crippen LogP contribution in [0.15, 0.2) is 28.7 Å². The summed E-state index contributed by atoms with van der Waals surface area (Å²) in [5.41, 5.74) is 1.47. The highest BCUT2D eigenvalue weighted by atomic mass is 16.4. The largest absolute Gasteiger partial charge is 0.419 e. The minimum Gasteiger partial charge on any atom is -0.419 e. The highest BCUT2D eigenvalue weighted by molar-refractivity contribution is 5.54. The summed E-state index contributed by atoms with van der Waals surface area (Å²) in [6, 6.07) is 9.89. The molecule has 3 unspecified atom stereocenters. The van der Waals surface area contributed by atoms with Gasteiger partial charge in [-0.2, -0.15) is 5.26 Å². The molecule has 2 fully saturated rings. The molecule has 1 aromatic carbocycles. The van der Waals surface area contributed by atoms with Crippen molar-refractivity contribution in [1.82, 2.24) is 15.5 Å². The third-order valence-corrected chi connectivity index (χ3v) is 4.83. The van der Waals surface area contributed by atoms with Gasteiger partial charge in [-0.1, -0.05) is 12.8 Å². The molecule has 5 nitrogen and oxygen atoms in total. The number of hydrogen-bond donors (Lipinski definition) is 1. The highest BCUT2D eigenvalue weighted by Crippen LogP contribution is 2.49. The molecule has 0 amide bonds. The molecule has 1 N–H and O–H groups in total. The van der Waals surface area contributed by atoms with Crippen molar-refractivity contribution in [1.29, 1.82) is 5.26 Å². The van der Waals surface area contributed by atoms with Gasteiger partial charge in [0.05, 0.1) is 18.2 Å². The number of hydrogen-bond acceptors (Lipinski definition) is 5. The molecule has 0 spiro atoms. The topological polar surface area (TPSA) is 74.7 Å². The molecular formula is C17H18N4O. The van der Waals surface area contributed by atoms with Crippen LogP contribution in [0.1, 0.15) is 37.1 Å². The zero-order chi connectivity index (χ0) is 14.9. The first kappa shape index (κ1) is 13.5. The van der Waals surface area contributed by atoms with Gasteiger partial charge in [0.15, 0.2) is 0 Å². The van der Waals surface area contributed by atoms with E-state index in [2.05, 4.69) is 21.6 Å². The molecule has 1 aromatic heterocycles. The van der Waals surface area contributed by atoms with Crippen molar-refractivity contribution in [2.45, 2.75) is 38.3 Å². The molecule has 1 heterocycles. The van der Waals surface area contributed by atoms with Crippen molar-refractivity contribution in [3.63, 3.8) is 0 Å². The highest BCUT2D eigenvalue weighted by Gasteiger charge is 2.44. The Balaban J connectivity index is 1.39. The summed E-state index contributed by atoms with van der Waals surface area (Å²) in [4.78, 5) is 0. The molecule has 0 bridgehead atoms. The van der Waals surface area contributed by atoms with Gasteiger partial charge in [0.1, 0.15) is 0 Å². The Morgan fingerprint density at radius 3 is 2.91 bits per heavy atom. The average molecular weight is 294 g/mol. The second kappa shape index (κ2) is 5.54. The van der Waals surface area contributed by atoms with Crippen LogP contribution in [0.3, 0.4) is 0 Å². The molecule has 2 aliphatic rings. The van der Waals surface area contributed by atoms with E-state index < -0.39 is 0 Å². The van der Waals surface area contributed by atoms with Crippen LogP contribution < -0.4 is 5.32 Å². The van der Waals surface area contributed by atoms with Crippen LogP contribution in [0.4, 0.5) is 0 Å². The Kier molecular flexibility index (Phi) is 3.39. The van der Waals surface area contributed by atoms with Crippen LogP contribution in [0, 0.1) is 23.2 Å². The van der Waals surface area contributed by atoms with E-state index in [9.17, 15) is 0 Å². The third kappa shape index (κ3) is 2.62. The zero-order valence-corrected chi connectivity index (χ0v) is 12.3. The normalized spacial score (nSPS) is 26.2. The predicted octanol–water partition coefficient (Wildman–Crippen LogP) is 2.89. The molecule has 0 aliphatic heterocycles. The Labute approximate surface area is 129 Å². The Hall–Kier alpha value is -2.19. The molecule has 0 saturated heterocycles. The second-order valence-corrected chi connectivity index (χ2v) is 6.27. The summed E-state index contributed by atoms with van der Waals surface area (Å²) in [6.45, 7) is 0.636. The van der Waals surface area contributed by atoms with E-state index >= 15 is 0 Å². The standard InChI is InChI=1S/C17H18N4O/c18-9-11-4-6-12(7-5-11)17-21-20-16(22-17)10-19-15-3-1-2-13-8-14(13)15/h4-7,13-15,19H,1-3,8,10H2. The lowest BCUT2D eigenvalue weighted by Crippen LogP contribution is -2.33. The van der Waals surface area contributed by atoms with Crippen molar-refractivity contribution in [2.75, 3.05) is 0 Å². The molecule has 2 aromatic rings. The monoisotopic (exact) mass is 294 g/mol. The number of nitrogens with one attached hydrogen (secondary N) is 1. The summed E-state index contributed by atoms with van der Waals surface area (Å²) in [5, 5.41) is 20.6. The lowest BCUT2D eigenvalue weighted by Gasteiger charge is -2.21. The van der Waals surface area contributed by atoms with Gasteiger partial charge in [0.25, 0.3) is 0 Å². The molecule has 0 radical (unpaired) electrons. The van der Waals surface area contributed by atoms with Crippen molar-refractivity contribution in [3.8, 4) is 17.5 Å². The number of nitrogens with zero attached hydrogens (tertiary/aromatic N) is 3. The summed E-state index contributed by atoms with van der Waals surface area (Å²) in [7, 11) is 0. The minimum atomic E-state index is 0.509. The molecule has 22 heavy (non-hydrogen) atoms. The van der Waals surface area contributed by atoms with E-state index in [1.165, 1.54) is 25.7 Å². The van der Waals surface area contributed by atoms with Gasteiger partial charge in [0.2, 0.25) is 11.8 Å². The molecule has 2 aliphatic carbocycles. The van der Waals surface area contributed by atoms with E-state index in [4.69, 9.17) is 9.68 Å². The Morgan fingerprint density at radius 2 is 2.09 bits per heavy atom. The molecule has 4 rings (SSSR count). The Morgan fingerprint density at radius 1 is 1.23 bits per heavy atom. The van der Waals surface area contributed by atoms with Crippen LogP contribution in [-0.2, 0) is 6.54 Å². The van der Waals surface area contributed by atoms with Gasteiger partial charge < -0.3 is 9.73 Å². The molecular weight excluding hydrogens is 276 g/mol. The SMILES string of the molecule is N#Cc1ccc(-c2nnc(CNC3CCCC4CC43)o2)cc1. The Bertz CT molecular complexity index is 700. The first-order valence-corrected chi connectivity index (χ1v) is 7.90. The maximum atomic E-state index is 8.81. The van der Waals surface area contributed by atoms with Crippen LogP contribution >= 0.6 is 0 Å². The van der Waals surface area contributed by atoms with E-state index in [0.717, 1.165) is 17.4 Å². The summed E-state index contributed by atoms with van der Waals surface area (Å²) < 4.78 is 5.72. The molecule has 2 saturated carbocycles. The van der Waals surface area contributed by atoms with E-state index in [1.54, 1.807) is 12.1 Å². The van der Waals surface area contributed by atoms with E-state index in [0.29, 0.717) is 29.9 Å². The maximum absolute atomic E-state index is 8.81.